The fourth-order valence-corrected chi connectivity index (χ4v) is 3.45. The summed E-state index contributed by atoms with van der Waals surface area (Å²) >= 11 is 0. The van der Waals surface area contributed by atoms with Crippen molar-refractivity contribution < 1.29 is 14.3 Å². The van der Waals surface area contributed by atoms with Crippen molar-refractivity contribution in [2.24, 2.45) is 10.4 Å². The number of imide groups is 1. The van der Waals surface area contributed by atoms with Crippen molar-refractivity contribution in [1.29, 1.82) is 0 Å². The van der Waals surface area contributed by atoms with E-state index < -0.39 is 0 Å². The number of aliphatic imine (C=N–C) groups is 1. The summed E-state index contributed by atoms with van der Waals surface area (Å²) in [4.78, 5) is 31.2. The van der Waals surface area contributed by atoms with Crippen molar-refractivity contribution in [3.05, 3.63) is 0 Å². The first-order chi connectivity index (χ1) is 11.1. The summed E-state index contributed by atoms with van der Waals surface area (Å²) in [6.45, 7) is 7.29. The quantitative estimate of drug-likeness (QED) is 0.277. The molecule has 3 fully saturated rings. The molecule has 0 saturated carbocycles. The van der Waals surface area contributed by atoms with Crippen LogP contribution < -0.4 is 10.6 Å². The number of ether oxygens (including phenoxy) is 1. The molecule has 1 spiro atoms. The van der Waals surface area contributed by atoms with E-state index in [4.69, 9.17) is 4.74 Å². The molecule has 2 N–H and O–H groups in total. The number of likely N-dealkylation sites (tertiary alicyclic amines) is 1. The number of amides is 3. The van der Waals surface area contributed by atoms with E-state index >= 15 is 0 Å². The van der Waals surface area contributed by atoms with E-state index in [0.717, 1.165) is 51.6 Å². The molecule has 1 atom stereocenters. The van der Waals surface area contributed by atoms with Gasteiger partial charge in [0.25, 0.3) is 0 Å². The summed E-state index contributed by atoms with van der Waals surface area (Å²) in [5.41, 5.74) is 0.279. The molecule has 0 aromatic rings. The number of hydrogen-bond acceptors (Lipinski definition) is 4. The molecule has 0 bridgehead atoms. The lowest BCUT2D eigenvalue weighted by Gasteiger charge is -2.25. The second-order valence-corrected chi connectivity index (χ2v) is 6.41. The largest absolute Gasteiger partial charge is 0.381 e. The smallest absolute Gasteiger partial charge is 0.324 e. The third-order valence-corrected chi connectivity index (χ3v) is 4.78. The molecule has 8 nitrogen and oxygen atoms in total. The minimum Gasteiger partial charge on any atom is -0.381 e. The van der Waals surface area contributed by atoms with Crippen LogP contribution in [0.4, 0.5) is 4.79 Å². The Morgan fingerprint density at radius 2 is 2.25 bits per heavy atom. The zero-order valence-corrected chi connectivity index (χ0v) is 16.4. The van der Waals surface area contributed by atoms with E-state index in [2.05, 4.69) is 20.5 Å². The Hall–Kier alpha value is -1.10. The lowest BCUT2D eigenvalue weighted by molar-refractivity contribution is -0.124. The molecular formula is C15H26IN5O3. The Kier molecular flexibility index (Phi) is 6.67. The first kappa shape index (κ1) is 19.2. The van der Waals surface area contributed by atoms with Gasteiger partial charge in [-0.05, 0) is 19.8 Å². The lowest BCUT2D eigenvalue weighted by atomic mass is 9.87. The van der Waals surface area contributed by atoms with Gasteiger partial charge >= 0.3 is 6.03 Å². The van der Waals surface area contributed by atoms with Crippen LogP contribution in [0.25, 0.3) is 0 Å². The van der Waals surface area contributed by atoms with Crippen LogP contribution in [0.2, 0.25) is 0 Å². The summed E-state index contributed by atoms with van der Waals surface area (Å²) < 4.78 is 5.57. The summed E-state index contributed by atoms with van der Waals surface area (Å²) in [6, 6.07) is -0.321. The van der Waals surface area contributed by atoms with Crippen molar-refractivity contribution in [1.82, 2.24) is 20.4 Å². The first-order valence-corrected chi connectivity index (χ1v) is 8.33. The molecule has 0 aromatic carbocycles. The highest BCUT2D eigenvalue weighted by Gasteiger charge is 2.42. The second-order valence-electron chi connectivity index (χ2n) is 6.41. The maximum Gasteiger partial charge on any atom is 0.324 e. The molecule has 1 unspecified atom stereocenters. The topological polar surface area (TPSA) is 86.3 Å². The molecule has 3 amide bonds. The SMILES string of the molecule is CCNC(=NCCN1C(=O)CNC1=O)N1CCC2(CCOC2)C1.I. The molecule has 9 heteroatoms. The van der Waals surface area contributed by atoms with Crippen molar-refractivity contribution >= 4 is 41.9 Å². The number of guanidine groups is 1. The van der Waals surface area contributed by atoms with Gasteiger partial charge in [0.2, 0.25) is 5.91 Å². The highest BCUT2D eigenvalue weighted by molar-refractivity contribution is 14.0. The minimum atomic E-state index is -0.321. The van der Waals surface area contributed by atoms with Crippen LogP contribution in [-0.4, -0.2) is 80.2 Å². The fourth-order valence-electron chi connectivity index (χ4n) is 3.45. The van der Waals surface area contributed by atoms with E-state index in [1.54, 1.807) is 0 Å². The molecule has 0 aromatic heterocycles. The molecule has 0 aliphatic carbocycles. The standard InChI is InChI=1S/C15H25N5O3.HI/c1-2-16-13(17-5-7-20-12(21)9-18-14(20)22)19-6-3-15(10-19)4-8-23-11-15;/h2-11H2,1H3,(H,16,17)(H,18,22);1H. The van der Waals surface area contributed by atoms with Gasteiger partial charge in [-0.15, -0.1) is 24.0 Å². The van der Waals surface area contributed by atoms with Gasteiger partial charge in [-0.3, -0.25) is 14.7 Å². The first-order valence-electron chi connectivity index (χ1n) is 8.33. The summed E-state index contributed by atoms with van der Waals surface area (Å²) in [6.07, 6.45) is 2.25. The third-order valence-electron chi connectivity index (χ3n) is 4.78. The zero-order chi connectivity index (χ0) is 16.3. The number of nitrogens with zero attached hydrogens (tertiary/aromatic N) is 3. The molecule has 0 radical (unpaired) electrons. The number of hydrogen-bond donors (Lipinski definition) is 2. The second kappa shape index (κ2) is 8.32. The average molecular weight is 451 g/mol. The Bertz CT molecular complexity index is 491. The summed E-state index contributed by atoms with van der Waals surface area (Å²) in [5.74, 6) is 0.682. The van der Waals surface area contributed by atoms with E-state index in [-0.39, 0.29) is 47.9 Å². The van der Waals surface area contributed by atoms with Gasteiger partial charge in [0.05, 0.1) is 26.2 Å². The van der Waals surface area contributed by atoms with Gasteiger partial charge in [-0.2, -0.15) is 0 Å². The number of nitrogens with one attached hydrogen (secondary N) is 2. The zero-order valence-electron chi connectivity index (χ0n) is 14.0. The molecule has 3 rings (SSSR count). The van der Waals surface area contributed by atoms with Gasteiger partial charge in [-0.1, -0.05) is 0 Å². The van der Waals surface area contributed by atoms with Gasteiger partial charge < -0.3 is 20.3 Å². The maximum atomic E-state index is 11.6. The summed E-state index contributed by atoms with van der Waals surface area (Å²) in [5, 5.41) is 5.83. The van der Waals surface area contributed by atoms with Crippen LogP contribution in [-0.2, 0) is 9.53 Å². The maximum absolute atomic E-state index is 11.6. The highest BCUT2D eigenvalue weighted by atomic mass is 127. The molecule has 3 aliphatic rings. The average Bonchev–Trinajstić information content (AvgIpc) is 3.24. The molecule has 3 aliphatic heterocycles. The third kappa shape index (κ3) is 4.11. The van der Waals surface area contributed by atoms with Crippen molar-refractivity contribution in [2.45, 2.75) is 19.8 Å². The number of urea groups is 1. The molecule has 136 valence electrons. The molecule has 3 saturated heterocycles. The number of carbonyl (C=O) groups is 2. The lowest BCUT2D eigenvalue weighted by Crippen LogP contribution is -2.42. The highest BCUT2D eigenvalue weighted by Crippen LogP contribution is 2.38. The van der Waals surface area contributed by atoms with E-state index in [9.17, 15) is 9.59 Å². The Morgan fingerprint density at radius 3 is 2.88 bits per heavy atom. The summed E-state index contributed by atoms with van der Waals surface area (Å²) in [7, 11) is 0. The van der Waals surface area contributed by atoms with Gasteiger partial charge in [0.1, 0.15) is 0 Å². The minimum absolute atomic E-state index is 0. The van der Waals surface area contributed by atoms with E-state index in [0.29, 0.717) is 13.1 Å². The van der Waals surface area contributed by atoms with Crippen LogP contribution >= 0.6 is 24.0 Å². The van der Waals surface area contributed by atoms with Gasteiger partial charge in [0.15, 0.2) is 5.96 Å². The Labute approximate surface area is 159 Å². The molecule has 24 heavy (non-hydrogen) atoms. The van der Waals surface area contributed by atoms with Crippen LogP contribution in [0.5, 0.6) is 0 Å². The van der Waals surface area contributed by atoms with E-state index in [1.807, 2.05) is 6.92 Å². The van der Waals surface area contributed by atoms with Crippen LogP contribution in [0, 0.1) is 5.41 Å². The van der Waals surface area contributed by atoms with Crippen LogP contribution in [0.3, 0.4) is 0 Å². The molecular weight excluding hydrogens is 425 g/mol. The van der Waals surface area contributed by atoms with Crippen molar-refractivity contribution in [3.8, 4) is 0 Å². The Balaban J connectivity index is 0.00000208. The Morgan fingerprint density at radius 1 is 1.42 bits per heavy atom. The van der Waals surface area contributed by atoms with Gasteiger partial charge in [0, 0.05) is 31.7 Å². The van der Waals surface area contributed by atoms with Crippen LogP contribution in [0.1, 0.15) is 19.8 Å². The monoisotopic (exact) mass is 451 g/mol. The number of rotatable bonds is 4. The number of carbonyl (C=O) groups excluding carboxylic acids is 2. The van der Waals surface area contributed by atoms with E-state index in [1.165, 1.54) is 4.90 Å². The molecule has 3 heterocycles. The normalized spacial score (nSPS) is 27.0. The fraction of sp³-hybridized carbons (Fsp3) is 0.800. The van der Waals surface area contributed by atoms with Crippen molar-refractivity contribution in [2.75, 3.05) is 52.5 Å². The van der Waals surface area contributed by atoms with Gasteiger partial charge in [-0.25, -0.2) is 4.79 Å². The predicted octanol–water partition coefficient (Wildman–Crippen LogP) is 0.234. The predicted molar refractivity (Wildman–Crippen MR) is 101 cm³/mol. The van der Waals surface area contributed by atoms with Crippen LogP contribution in [0.15, 0.2) is 4.99 Å². The van der Waals surface area contributed by atoms with Crippen molar-refractivity contribution in [3.63, 3.8) is 0 Å². The number of halogens is 1.